The van der Waals surface area contributed by atoms with Crippen LogP contribution in [0.5, 0.6) is 0 Å². The van der Waals surface area contributed by atoms with Crippen molar-refractivity contribution >= 4 is 25.6 Å². The fraction of sp³-hybridized carbons (Fsp3) is 0.615. The van der Waals surface area contributed by atoms with Gasteiger partial charge in [0.1, 0.15) is 10.6 Å². The van der Waals surface area contributed by atoms with Crippen molar-refractivity contribution in [3.63, 3.8) is 0 Å². The van der Waals surface area contributed by atoms with Gasteiger partial charge in [0.15, 0.2) is 0 Å². The van der Waals surface area contributed by atoms with Gasteiger partial charge in [0.2, 0.25) is 0 Å². The maximum Gasteiger partial charge on any atom is 0.270 e. The molecular formula is C13H19ClN2O3S. The van der Waals surface area contributed by atoms with Crippen LogP contribution in [0, 0.1) is 0 Å². The van der Waals surface area contributed by atoms with Gasteiger partial charge in [-0.25, -0.2) is 8.42 Å². The van der Waals surface area contributed by atoms with E-state index < -0.39 is 9.05 Å². The number of nitrogens with zero attached hydrogens (tertiary/aromatic N) is 2. The summed E-state index contributed by atoms with van der Waals surface area (Å²) in [5, 5.41) is 0. The van der Waals surface area contributed by atoms with E-state index in [9.17, 15) is 13.2 Å². The largest absolute Gasteiger partial charge is 0.342 e. The van der Waals surface area contributed by atoms with Crippen molar-refractivity contribution in [2.75, 3.05) is 6.54 Å². The number of carbonyl (C=O) groups excluding carboxylic acids is 1. The summed E-state index contributed by atoms with van der Waals surface area (Å²) in [7, 11) is 1.56. The van der Waals surface area contributed by atoms with Gasteiger partial charge < -0.3 is 9.47 Å². The Bertz CT molecular complexity index is 605. The average molecular weight is 319 g/mol. The molecule has 0 radical (unpaired) electrons. The van der Waals surface area contributed by atoms with Gasteiger partial charge in [-0.05, 0) is 32.3 Å². The van der Waals surface area contributed by atoms with E-state index in [4.69, 9.17) is 10.7 Å². The third kappa shape index (κ3) is 3.17. The van der Waals surface area contributed by atoms with Crippen molar-refractivity contribution in [2.45, 2.75) is 50.6 Å². The summed E-state index contributed by atoms with van der Waals surface area (Å²) >= 11 is 0. The quantitative estimate of drug-likeness (QED) is 0.757. The molecule has 112 valence electrons. The predicted octanol–water partition coefficient (Wildman–Crippen LogP) is 2.45. The van der Waals surface area contributed by atoms with Crippen LogP contribution >= 0.6 is 10.7 Å². The number of hydrogen-bond donors (Lipinski definition) is 0. The first-order valence-electron chi connectivity index (χ1n) is 6.84. The zero-order valence-corrected chi connectivity index (χ0v) is 13.2. The van der Waals surface area contributed by atoms with E-state index in [1.807, 2.05) is 13.8 Å². The Morgan fingerprint density at radius 1 is 1.45 bits per heavy atom. The van der Waals surface area contributed by atoms with Crippen LogP contribution in [0.2, 0.25) is 0 Å². The second kappa shape index (κ2) is 5.77. The Balaban J connectivity index is 2.38. The van der Waals surface area contributed by atoms with E-state index >= 15 is 0 Å². The second-order valence-electron chi connectivity index (χ2n) is 5.01. The highest BCUT2D eigenvalue weighted by atomic mass is 35.7. The molecule has 2 rings (SSSR count). The minimum atomic E-state index is -3.81. The van der Waals surface area contributed by atoms with E-state index in [0.717, 1.165) is 19.3 Å². The summed E-state index contributed by atoms with van der Waals surface area (Å²) in [5.74, 6) is -0.116. The normalized spacial score (nSPS) is 15.3. The second-order valence-corrected chi connectivity index (χ2v) is 7.58. The molecule has 0 aliphatic heterocycles. The summed E-state index contributed by atoms with van der Waals surface area (Å²) in [6, 6.07) is 1.68. The molecule has 0 bridgehead atoms. The smallest absolute Gasteiger partial charge is 0.270 e. The molecule has 0 atom stereocenters. The highest BCUT2D eigenvalue weighted by molar-refractivity contribution is 8.13. The van der Waals surface area contributed by atoms with Crippen LogP contribution in [0.1, 0.15) is 43.6 Å². The highest BCUT2D eigenvalue weighted by Crippen LogP contribution is 2.29. The molecule has 20 heavy (non-hydrogen) atoms. The van der Waals surface area contributed by atoms with Crippen LogP contribution in [-0.2, 0) is 15.6 Å². The number of aryl methyl sites for hydroxylation is 1. The molecule has 1 fully saturated rings. The van der Waals surface area contributed by atoms with Crippen LogP contribution in [0.15, 0.2) is 17.2 Å². The summed E-state index contributed by atoms with van der Waals surface area (Å²) in [5.41, 5.74) is 0.403. The van der Waals surface area contributed by atoms with Gasteiger partial charge in [0, 0.05) is 36.0 Å². The van der Waals surface area contributed by atoms with Gasteiger partial charge in [-0.1, -0.05) is 6.92 Å². The lowest BCUT2D eigenvalue weighted by atomic mass is 10.3. The molecule has 1 aliphatic carbocycles. The van der Waals surface area contributed by atoms with Crippen LogP contribution in [0.3, 0.4) is 0 Å². The van der Waals surface area contributed by atoms with Crippen LogP contribution in [-0.4, -0.2) is 36.4 Å². The van der Waals surface area contributed by atoms with Crippen molar-refractivity contribution < 1.29 is 13.2 Å². The molecule has 1 aromatic rings. The van der Waals surface area contributed by atoms with E-state index in [-0.39, 0.29) is 10.8 Å². The number of rotatable bonds is 6. The van der Waals surface area contributed by atoms with Crippen LogP contribution in [0.4, 0.5) is 0 Å². The summed E-state index contributed by atoms with van der Waals surface area (Å²) in [6.07, 6.45) is 4.30. The molecule has 0 N–H and O–H groups in total. The van der Waals surface area contributed by atoms with Gasteiger partial charge in [-0.2, -0.15) is 0 Å². The molecule has 1 saturated carbocycles. The third-order valence-corrected chi connectivity index (χ3v) is 4.75. The molecule has 7 heteroatoms. The fourth-order valence-corrected chi connectivity index (χ4v) is 3.08. The minimum absolute atomic E-state index is 0.0113. The molecule has 0 unspecified atom stereocenters. The number of hydrogen-bond acceptors (Lipinski definition) is 3. The molecule has 0 saturated heterocycles. The van der Waals surface area contributed by atoms with Crippen molar-refractivity contribution in [1.29, 1.82) is 0 Å². The summed E-state index contributed by atoms with van der Waals surface area (Å²) in [6.45, 7) is 5.13. The Labute approximate surface area is 123 Å². The monoisotopic (exact) mass is 318 g/mol. The summed E-state index contributed by atoms with van der Waals surface area (Å²) < 4.78 is 24.6. The first-order valence-corrected chi connectivity index (χ1v) is 9.15. The minimum Gasteiger partial charge on any atom is -0.342 e. The van der Waals surface area contributed by atoms with E-state index in [1.165, 1.54) is 12.3 Å². The Hall–Kier alpha value is -1.01. The maximum absolute atomic E-state index is 12.6. The van der Waals surface area contributed by atoms with Crippen LogP contribution < -0.4 is 0 Å². The van der Waals surface area contributed by atoms with Crippen LogP contribution in [0.25, 0.3) is 0 Å². The lowest BCUT2D eigenvalue weighted by molar-refractivity contribution is 0.0741. The van der Waals surface area contributed by atoms with Gasteiger partial charge in [0.25, 0.3) is 15.0 Å². The highest BCUT2D eigenvalue weighted by Gasteiger charge is 2.33. The Morgan fingerprint density at radius 3 is 2.55 bits per heavy atom. The van der Waals surface area contributed by atoms with Crippen molar-refractivity contribution in [3.05, 3.63) is 18.0 Å². The molecule has 1 aromatic heterocycles. The molecule has 5 nitrogen and oxygen atoms in total. The van der Waals surface area contributed by atoms with E-state index in [0.29, 0.717) is 24.8 Å². The van der Waals surface area contributed by atoms with Gasteiger partial charge in [0.05, 0.1) is 0 Å². The molecule has 0 aromatic carbocycles. The Morgan fingerprint density at radius 2 is 2.10 bits per heavy atom. The maximum atomic E-state index is 12.6. The standard InChI is InChI=1S/C13H19ClN2O3S/c1-3-7-15-9-11(20(14,18)19)8-12(15)13(17)16(4-2)10-5-6-10/h8-10H,3-7H2,1-2H3. The van der Waals surface area contributed by atoms with Gasteiger partial charge in [-0.15, -0.1) is 0 Å². The SMILES string of the molecule is CCCn1cc(S(=O)(=O)Cl)cc1C(=O)N(CC)C1CC1. The topological polar surface area (TPSA) is 59.4 Å². The number of aromatic nitrogens is 1. The zero-order chi connectivity index (χ0) is 14.9. The summed E-state index contributed by atoms with van der Waals surface area (Å²) in [4.78, 5) is 14.3. The first kappa shape index (κ1) is 15.4. The van der Waals surface area contributed by atoms with Crippen molar-refractivity contribution in [2.24, 2.45) is 0 Å². The zero-order valence-electron chi connectivity index (χ0n) is 11.7. The van der Waals surface area contributed by atoms with Crippen molar-refractivity contribution in [3.8, 4) is 0 Å². The number of carbonyl (C=O) groups is 1. The lowest BCUT2D eigenvalue weighted by Gasteiger charge is -2.21. The first-order chi connectivity index (χ1) is 9.38. The van der Waals surface area contributed by atoms with Gasteiger partial charge in [-0.3, -0.25) is 4.79 Å². The van der Waals surface area contributed by atoms with E-state index in [2.05, 4.69) is 0 Å². The lowest BCUT2D eigenvalue weighted by Crippen LogP contribution is -2.34. The Kier molecular flexibility index (Phi) is 4.44. The average Bonchev–Trinajstić information content (AvgIpc) is 3.09. The molecule has 0 spiro atoms. The predicted molar refractivity (Wildman–Crippen MR) is 77.5 cm³/mol. The number of halogens is 1. The third-order valence-electron chi connectivity index (χ3n) is 3.43. The van der Waals surface area contributed by atoms with Crippen molar-refractivity contribution in [1.82, 2.24) is 9.47 Å². The molecule has 1 aliphatic rings. The van der Waals surface area contributed by atoms with E-state index in [1.54, 1.807) is 9.47 Å². The molecule has 1 heterocycles. The number of amides is 1. The molecule has 1 amide bonds. The van der Waals surface area contributed by atoms with Gasteiger partial charge >= 0.3 is 0 Å². The fourth-order valence-electron chi connectivity index (χ4n) is 2.32. The molecular weight excluding hydrogens is 300 g/mol.